The second-order valence-corrected chi connectivity index (χ2v) is 4.96. The molecule has 1 aromatic heterocycles. The highest BCUT2D eigenvalue weighted by molar-refractivity contribution is 9.10. The van der Waals surface area contributed by atoms with E-state index >= 15 is 0 Å². The van der Waals surface area contributed by atoms with Crippen LogP contribution in [0.3, 0.4) is 0 Å². The molecular weight excluding hydrogens is 304 g/mol. The Hall–Kier alpha value is -1.43. The Labute approximate surface area is 112 Å². The summed E-state index contributed by atoms with van der Waals surface area (Å²) in [6.45, 7) is 0.815. The molecule has 0 amide bonds. The molecule has 0 aliphatic heterocycles. The van der Waals surface area contributed by atoms with Gasteiger partial charge in [-0.3, -0.25) is 4.68 Å². The first-order valence-corrected chi connectivity index (χ1v) is 6.07. The van der Waals surface area contributed by atoms with E-state index in [4.69, 9.17) is 5.73 Å². The van der Waals surface area contributed by atoms with E-state index in [-0.39, 0.29) is 17.1 Å². The van der Waals surface area contributed by atoms with Crippen molar-refractivity contribution in [3.63, 3.8) is 0 Å². The van der Waals surface area contributed by atoms with Crippen LogP contribution in [0, 0.1) is 0 Å². The van der Waals surface area contributed by atoms with Gasteiger partial charge in [0.05, 0.1) is 5.56 Å². The highest BCUT2D eigenvalue weighted by Crippen LogP contribution is 2.40. The summed E-state index contributed by atoms with van der Waals surface area (Å²) in [7, 11) is 1.55. The van der Waals surface area contributed by atoms with Gasteiger partial charge in [-0.05, 0) is 6.07 Å². The Morgan fingerprint density at radius 1 is 1.33 bits per heavy atom. The number of anilines is 1. The first-order chi connectivity index (χ1) is 8.32. The number of rotatable bonds is 2. The van der Waals surface area contributed by atoms with Crippen molar-refractivity contribution >= 4 is 21.7 Å². The van der Waals surface area contributed by atoms with E-state index in [2.05, 4.69) is 21.0 Å². The molecule has 6 heteroatoms. The number of nitrogen functional groups attached to an aromatic ring is 1. The van der Waals surface area contributed by atoms with Crippen LogP contribution in [-0.2, 0) is 13.0 Å². The van der Waals surface area contributed by atoms with Crippen molar-refractivity contribution in [1.29, 1.82) is 0 Å². The average molecular weight is 316 g/mol. The molecule has 0 saturated heterocycles. The fraction of sp³-hybridized carbons (Fsp3) is 0.250. The van der Waals surface area contributed by atoms with Crippen molar-refractivity contribution in [1.82, 2.24) is 9.78 Å². The Morgan fingerprint density at radius 2 is 1.94 bits per heavy atom. The largest absolute Gasteiger partial charge is 0.383 e. The summed E-state index contributed by atoms with van der Waals surface area (Å²) < 4.78 is 29.1. The number of halogens is 3. The molecule has 0 spiro atoms. The van der Waals surface area contributed by atoms with Gasteiger partial charge in [-0.2, -0.15) is 13.9 Å². The monoisotopic (exact) mass is 315 g/mol. The smallest absolute Gasteiger partial charge is 0.289 e. The summed E-state index contributed by atoms with van der Waals surface area (Å²) in [6, 6.07) is 7.08. The summed E-state index contributed by atoms with van der Waals surface area (Å²) in [5, 5.41) is 3.82. The van der Waals surface area contributed by atoms with E-state index in [0.717, 1.165) is 6.92 Å². The van der Waals surface area contributed by atoms with Gasteiger partial charge in [0.1, 0.15) is 11.5 Å². The lowest BCUT2D eigenvalue weighted by Gasteiger charge is -2.11. The van der Waals surface area contributed by atoms with Crippen molar-refractivity contribution in [2.75, 3.05) is 5.73 Å². The van der Waals surface area contributed by atoms with Crippen LogP contribution in [0.2, 0.25) is 0 Å². The average Bonchev–Trinajstić information content (AvgIpc) is 2.57. The molecule has 0 unspecified atom stereocenters. The maximum atomic E-state index is 13.6. The fourth-order valence-corrected chi connectivity index (χ4v) is 2.26. The molecule has 0 aliphatic carbocycles. The van der Waals surface area contributed by atoms with Crippen LogP contribution < -0.4 is 5.73 Å². The second kappa shape index (κ2) is 4.35. The van der Waals surface area contributed by atoms with Crippen molar-refractivity contribution < 1.29 is 8.78 Å². The number of aryl methyl sites for hydroxylation is 1. The molecule has 0 fully saturated rings. The lowest BCUT2D eigenvalue weighted by Crippen LogP contribution is -2.10. The van der Waals surface area contributed by atoms with Gasteiger partial charge in [0.15, 0.2) is 0 Å². The molecule has 1 heterocycles. The molecule has 3 nitrogen and oxygen atoms in total. The SMILES string of the molecule is Cn1nc(C(C)(F)F)c(-c2ccccc2Br)c1N. The standard InChI is InChI=1S/C12H12BrF2N3/c1-12(14,15)10-9(11(16)18(2)17-10)7-5-3-4-6-8(7)13/h3-6H,16H2,1-2H3. The third kappa shape index (κ3) is 2.12. The van der Waals surface area contributed by atoms with E-state index in [0.29, 0.717) is 10.0 Å². The molecule has 2 aromatic rings. The number of hydrogen-bond acceptors (Lipinski definition) is 2. The molecular formula is C12H12BrF2N3. The first-order valence-electron chi connectivity index (χ1n) is 5.28. The number of alkyl halides is 2. The van der Waals surface area contributed by atoms with Crippen molar-refractivity contribution in [3.05, 3.63) is 34.4 Å². The fourth-order valence-electron chi connectivity index (χ4n) is 1.77. The van der Waals surface area contributed by atoms with Gasteiger partial charge in [0, 0.05) is 24.0 Å². The van der Waals surface area contributed by atoms with Crippen molar-refractivity contribution in [2.24, 2.45) is 7.05 Å². The highest BCUT2D eigenvalue weighted by atomic mass is 79.9. The minimum Gasteiger partial charge on any atom is -0.383 e. The maximum absolute atomic E-state index is 13.6. The zero-order chi connectivity index (χ0) is 13.5. The molecule has 0 aliphatic rings. The van der Waals surface area contributed by atoms with E-state index in [1.165, 1.54) is 4.68 Å². The van der Waals surface area contributed by atoms with E-state index in [1.54, 1.807) is 25.2 Å². The molecule has 0 saturated carbocycles. The maximum Gasteiger partial charge on any atom is 0.289 e. The van der Waals surface area contributed by atoms with Gasteiger partial charge >= 0.3 is 0 Å². The summed E-state index contributed by atoms with van der Waals surface area (Å²) in [4.78, 5) is 0. The number of aromatic nitrogens is 2. The Kier molecular flexibility index (Phi) is 3.14. The van der Waals surface area contributed by atoms with Crippen LogP contribution in [0.15, 0.2) is 28.7 Å². The predicted molar refractivity (Wildman–Crippen MR) is 70.3 cm³/mol. The van der Waals surface area contributed by atoms with E-state index in [9.17, 15) is 8.78 Å². The van der Waals surface area contributed by atoms with E-state index < -0.39 is 5.92 Å². The van der Waals surface area contributed by atoms with E-state index in [1.807, 2.05) is 6.07 Å². The molecule has 1 aromatic carbocycles. The number of nitrogens with two attached hydrogens (primary N) is 1. The lowest BCUT2D eigenvalue weighted by atomic mass is 10.0. The quantitative estimate of drug-likeness (QED) is 0.921. The molecule has 96 valence electrons. The highest BCUT2D eigenvalue weighted by Gasteiger charge is 2.34. The zero-order valence-corrected chi connectivity index (χ0v) is 11.5. The minimum absolute atomic E-state index is 0.221. The summed E-state index contributed by atoms with van der Waals surface area (Å²) >= 11 is 3.34. The zero-order valence-electron chi connectivity index (χ0n) is 9.92. The van der Waals surface area contributed by atoms with Gasteiger partial charge < -0.3 is 5.73 Å². The van der Waals surface area contributed by atoms with Crippen LogP contribution in [0.5, 0.6) is 0 Å². The Morgan fingerprint density at radius 3 is 2.50 bits per heavy atom. The lowest BCUT2D eigenvalue weighted by molar-refractivity contribution is 0.0128. The summed E-state index contributed by atoms with van der Waals surface area (Å²) in [5.41, 5.74) is 6.42. The molecule has 2 N–H and O–H groups in total. The topological polar surface area (TPSA) is 43.8 Å². The third-order valence-electron chi connectivity index (χ3n) is 2.65. The Bertz CT molecular complexity index is 587. The second-order valence-electron chi connectivity index (χ2n) is 4.10. The van der Waals surface area contributed by atoms with Crippen LogP contribution in [0.25, 0.3) is 11.1 Å². The van der Waals surface area contributed by atoms with Crippen LogP contribution in [0.4, 0.5) is 14.6 Å². The summed E-state index contributed by atoms with van der Waals surface area (Å²) in [6.07, 6.45) is 0. The molecule has 0 radical (unpaired) electrons. The number of hydrogen-bond donors (Lipinski definition) is 1. The first kappa shape index (κ1) is 13.0. The van der Waals surface area contributed by atoms with Gasteiger partial charge in [0.25, 0.3) is 5.92 Å². The molecule has 2 rings (SSSR count). The molecule has 18 heavy (non-hydrogen) atoms. The Balaban J connectivity index is 2.75. The molecule has 0 atom stereocenters. The van der Waals surface area contributed by atoms with Gasteiger partial charge in [0.2, 0.25) is 0 Å². The van der Waals surface area contributed by atoms with Crippen molar-refractivity contribution in [2.45, 2.75) is 12.8 Å². The van der Waals surface area contributed by atoms with Crippen LogP contribution in [0.1, 0.15) is 12.6 Å². The van der Waals surface area contributed by atoms with Gasteiger partial charge in [-0.15, -0.1) is 0 Å². The van der Waals surface area contributed by atoms with Gasteiger partial charge in [-0.25, -0.2) is 0 Å². The normalized spacial score (nSPS) is 11.8. The predicted octanol–water partition coefficient (Wildman–Crippen LogP) is 3.54. The van der Waals surface area contributed by atoms with Crippen molar-refractivity contribution in [3.8, 4) is 11.1 Å². The third-order valence-corrected chi connectivity index (χ3v) is 3.34. The van der Waals surface area contributed by atoms with Crippen LogP contribution >= 0.6 is 15.9 Å². The molecule has 0 bridgehead atoms. The van der Waals surface area contributed by atoms with Gasteiger partial charge in [-0.1, -0.05) is 34.1 Å². The van der Waals surface area contributed by atoms with Crippen LogP contribution in [-0.4, -0.2) is 9.78 Å². The summed E-state index contributed by atoms with van der Waals surface area (Å²) in [5.74, 6) is -2.82. The number of nitrogens with zero attached hydrogens (tertiary/aromatic N) is 2. The number of benzene rings is 1. The minimum atomic E-state index is -3.04.